The van der Waals surface area contributed by atoms with Crippen molar-refractivity contribution < 1.29 is 4.74 Å². The highest BCUT2D eigenvalue weighted by Crippen LogP contribution is 2.29. The van der Waals surface area contributed by atoms with E-state index >= 15 is 0 Å². The quantitative estimate of drug-likeness (QED) is 0.417. The highest BCUT2D eigenvalue weighted by molar-refractivity contribution is 7.98. The fourth-order valence-corrected chi connectivity index (χ4v) is 4.72. The molecule has 3 heteroatoms. The van der Waals surface area contributed by atoms with E-state index in [1.54, 1.807) is 11.8 Å². The highest BCUT2D eigenvalue weighted by atomic mass is 32.2. The van der Waals surface area contributed by atoms with Crippen LogP contribution in [0, 0.1) is 5.92 Å². The lowest BCUT2D eigenvalue weighted by Gasteiger charge is -2.27. The van der Waals surface area contributed by atoms with Crippen molar-refractivity contribution in [2.45, 2.75) is 30.8 Å². The third-order valence-corrected chi connectivity index (χ3v) is 6.66. The van der Waals surface area contributed by atoms with Crippen LogP contribution >= 0.6 is 11.8 Å². The Labute approximate surface area is 185 Å². The maximum Gasteiger partial charge on any atom is 0.120 e. The van der Waals surface area contributed by atoms with Crippen LogP contribution in [0.25, 0.3) is 11.1 Å². The van der Waals surface area contributed by atoms with E-state index in [1.807, 2.05) is 0 Å². The number of rotatable bonds is 7. The van der Waals surface area contributed by atoms with Gasteiger partial charge in [-0.2, -0.15) is 0 Å². The molecule has 3 aromatic rings. The Morgan fingerprint density at radius 3 is 2.27 bits per heavy atom. The average molecular weight is 418 g/mol. The molecule has 3 aromatic carbocycles. The minimum atomic E-state index is 0.605. The average Bonchev–Trinajstić information content (AvgIpc) is 2.77. The van der Waals surface area contributed by atoms with E-state index in [0.29, 0.717) is 6.61 Å². The number of hydrogen-bond acceptors (Lipinski definition) is 3. The molecular weight excluding hydrogens is 386 g/mol. The second kappa shape index (κ2) is 9.72. The number of fused-ring (bicyclic) bond motifs is 1. The van der Waals surface area contributed by atoms with Gasteiger partial charge in [0.25, 0.3) is 0 Å². The molecule has 0 aliphatic heterocycles. The summed E-state index contributed by atoms with van der Waals surface area (Å²) in [5, 5.41) is 0. The molecule has 0 saturated heterocycles. The normalized spacial score (nSPS) is 15.8. The van der Waals surface area contributed by atoms with Gasteiger partial charge in [0.2, 0.25) is 0 Å². The lowest BCUT2D eigenvalue weighted by atomic mass is 9.83. The third kappa shape index (κ3) is 5.27. The molecule has 0 saturated carbocycles. The standard InChI is InChI=1S/C27H31NOS/c1-28(2)18-21-6-9-25-17-26(13-10-24(25)16-21)29-19-20-4-7-22(8-5-20)23-11-14-27(30-3)15-12-23/h4-5,7-8,10-15,17,21H,6,9,16,18-19H2,1-3H3. The van der Waals surface area contributed by atoms with Crippen molar-refractivity contribution in [3.8, 4) is 16.9 Å². The maximum atomic E-state index is 6.11. The summed E-state index contributed by atoms with van der Waals surface area (Å²) in [6.07, 6.45) is 5.73. The molecular formula is C27H31NOS. The zero-order valence-corrected chi connectivity index (χ0v) is 19.0. The maximum absolute atomic E-state index is 6.11. The van der Waals surface area contributed by atoms with Gasteiger partial charge < -0.3 is 9.64 Å². The summed E-state index contributed by atoms with van der Waals surface area (Å²) in [7, 11) is 4.33. The lowest BCUT2D eigenvalue weighted by molar-refractivity contribution is 0.297. The van der Waals surface area contributed by atoms with Gasteiger partial charge in [0, 0.05) is 11.4 Å². The van der Waals surface area contributed by atoms with Crippen LogP contribution in [0.3, 0.4) is 0 Å². The summed E-state index contributed by atoms with van der Waals surface area (Å²) in [5.74, 6) is 1.76. The van der Waals surface area contributed by atoms with Crippen LogP contribution in [-0.4, -0.2) is 31.8 Å². The van der Waals surface area contributed by atoms with Crippen molar-refractivity contribution in [3.63, 3.8) is 0 Å². The van der Waals surface area contributed by atoms with Gasteiger partial charge in [-0.3, -0.25) is 0 Å². The summed E-state index contributed by atoms with van der Waals surface area (Å²) in [6, 6.07) is 24.1. The molecule has 0 radical (unpaired) electrons. The van der Waals surface area contributed by atoms with Crippen molar-refractivity contribution in [1.29, 1.82) is 0 Å². The van der Waals surface area contributed by atoms with Crippen molar-refractivity contribution in [2.24, 2.45) is 5.92 Å². The SMILES string of the molecule is CSc1ccc(-c2ccc(COc3ccc4c(c3)CCC(CN(C)C)C4)cc2)cc1. The lowest BCUT2D eigenvalue weighted by Crippen LogP contribution is -2.26. The highest BCUT2D eigenvalue weighted by Gasteiger charge is 2.19. The predicted octanol–water partition coefficient (Wildman–Crippen LogP) is 6.32. The molecule has 0 N–H and O–H groups in total. The van der Waals surface area contributed by atoms with Gasteiger partial charge in [-0.05, 0) is 97.6 Å². The van der Waals surface area contributed by atoms with Crippen molar-refractivity contribution in [1.82, 2.24) is 4.90 Å². The van der Waals surface area contributed by atoms with E-state index in [4.69, 9.17) is 4.74 Å². The second-order valence-corrected chi connectivity index (χ2v) is 9.40. The van der Waals surface area contributed by atoms with Crippen LogP contribution in [0.1, 0.15) is 23.1 Å². The van der Waals surface area contributed by atoms with E-state index in [0.717, 1.165) is 18.1 Å². The van der Waals surface area contributed by atoms with Crippen molar-refractivity contribution in [3.05, 3.63) is 83.4 Å². The Balaban J connectivity index is 1.36. The largest absolute Gasteiger partial charge is 0.489 e. The Morgan fingerprint density at radius 2 is 1.60 bits per heavy atom. The van der Waals surface area contributed by atoms with Gasteiger partial charge in [0.1, 0.15) is 12.4 Å². The molecule has 30 heavy (non-hydrogen) atoms. The summed E-state index contributed by atoms with van der Waals surface area (Å²) in [6.45, 7) is 1.78. The fraction of sp³-hybridized carbons (Fsp3) is 0.333. The molecule has 0 bridgehead atoms. The van der Waals surface area contributed by atoms with Crippen molar-refractivity contribution >= 4 is 11.8 Å². The van der Waals surface area contributed by atoms with Gasteiger partial charge in [-0.1, -0.05) is 42.5 Å². The molecule has 0 aromatic heterocycles. The van der Waals surface area contributed by atoms with Crippen LogP contribution < -0.4 is 4.74 Å². The first kappa shape index (κ1) is 21.0. The van der Waals surface area contributed by atoms with Crippen LogP contribution in [0.5, 0.6) is 5.75 Å². The number of aryl methyl sites for hydroxylation is 1. The monoisotopic (exact) mass is 417 g/mol. The van der Waals surface area contributed by atoms with E-state index in [2.05, 4.69) is 92.0 Å². The summed E-state index contributed by atoms with van der Waals surface area (Å²) in [5.41, 5.74) is 6.65. The molecule has 0 heterocycles. The molecule has 0 spiro atoms. The van der Waals surface area contributed by atoms with Gasteiger partial charge in [0.05, 0.1) is 0 Å². The predicted molar refractivity (Wildman–Crippen MR) is 129 cm³/mol. The van der Waals surface area contributed by atoms with Crippen LogP contribution in [0.2, 0.25) is 0 Å². The van der Waals surface area contributed by atoms with Gasteiger partial charge in [-0.25, -0.2) is 0 Å². The smallest absolute Gasteiger partial charge is 0.120 e. The molecule has 1 unspecified atom stereocenters. The molecule has 0 fully saturated rings. The van der Waals surface area contributed by atoms with E-state index in [1.165, 1.54) is 52.1 Å². The second-order valence-electron chi connectivity index (χ2n) is 8.52. The van der Waals surface area contributed by atoms with Gasteiger partial charge in [0.15, 0.2) is 0 Å². The molecule has 4 rings (SSSR count). The summed E-state index contributed by atoms with van der Waals surface area (Å²) < 4.78 is 6.11. The minimum absolute atomic E-state index is 0.605. The molecule has 2 nitrogen and oxygen atoms in total. The van der Waals surface area contributed by atoms with Crippen molar-refractivity contribution in [2.75, 3.05) is 26.9 Å². The van der Waals surface area contributed by atoms with E-state index < -0.39 is 0 Å². The summed E-state index contributed by atoms with van der Waals surface area (Å²) in [4.78, 5) is 3.60. The first-order valence-corrected chi connectivity index (χ1v) is 12.0. The molecule has 156 valence electrons. The molecule has 1 aliphatic rings. The topological polar surface area (TPSA) is 12.5 Å². The first-order chi connectivity index (χ1) is 14.6. The Kier molecular flexibility index (Phi) is 6.81. The minimum Gasteiger partial charge on any atom is -0.489 e. The Hall–Kier alpha value is -2.23. The number of thioether (sulfide) groups is 1. The van der Waals surface area contributed by atoms with Crippen LogP contribution in [0.15, 0.2) is 71.6 Å². The number of ether oxygens (including phenoxy) is 1. The summed E-state index contributed by atoms with van der Waals surface area (Å²) >= 11 is 1.77. The van der Waals surface area contributed by atoms with E-state index in [-0.39, 0.29) is 0 Å². The number of hydrogen-bond donors (Lipinski definition) is 0. The Bertz CT molecular complexity index is 963. The van der Waals surface area contributed by atoms with E-state index in [9.17, 15) is 0 Å². The number of benzene rings is 3. The number of nitrogens with zero attached hydrogens (tertiary/aromatic N) is 1. The van der Waals surface area contributed by atoms with Gasteiger partial charge >= 0.3 is 0 Å². The molecule has 0 amide bonds. The van der Waals surface area contributed by atoms with Gasteiger partial charge in [-0.15, -0.1) is 11.8 Å². The first-order valence-electron chi connectivity index (χ1n) is 10.7. The molecule has 1 atom stereocenters. The third-order valence-electron chi connectivity index (χ3n) is 5.91. The van der Waals surface area contributed by atoms with Crippen LogP contribution in [0.4, 0.5) is 0 Å². The van der Waals surface area contributed by atoms with Crippen LogP contribution in [-0.2, 0) is 19.4 Å². The Morgan fingerprint density at radius 1 is 0.900 bits per heavy atom. The molecule has 1 aliphatic carbocycles. The zero-order chi connectivity index (χ0) is 20.9. The zero-order valence-electron chi connectivity index (χ0n) is 18.2. The fourth-order valence-electron chi connectivity index (χ4n) is 4.31.